The Labute approximate surface area is 74.9 Å². The lowest BCUT2D eigenvalue weighted by Gasteiger charge is -2.06. The summed E-state index contributed by atoms with van der Waals surface area (Å²) in [5, 5.41) is 10.8. The van der Waals surface area contributed by atoms with E-state index in [2.05, 4.69) is 10.1 Å². The molecule has 1 amide bonds. The van der Waals surface area contributed by atoms with Crippen LogP contribution < -0.4 is 5.32 Å². The topological polar surface area (TPSA) is 75.3 Å². The first kappa shape index (κ1) is 9.29. The van der Waals surface area contributed by atoms with Gasteiger partial charge in [-0.05, 0) is 12.1 Å². The molecule has 1 unspecified atom stereocenters. The summed E-state index contributed by atoms with van der Waals surface area (Å²) in [6.45, 7) is 0. The summed E-state index contributed by atoms with van der Waals surface area (Å²) in [6, 6.07) is 4.83. The van der Waals surface area contributed by atoms with Crippen LogP contribution in [0.25, 0.3) is 0 Å². The van der Waals surface area contributed by atoms with Gasteiger partial charge in [0.1, 0.15) is 6.07 Å². The molecule has 5 heteroatoms. The molecule has 1 heterocycles. The third-order valence-corrected chi connectivity index (χ3v) is 1.36. The number of nitrogens with zero attached hydrogens (tertiary/aromatic N) is 1. The van der Waals surface area contributed by atoms with Crippen LogP contribution in [0.5, 0.6) is 0 Å². The van der Waals surface area contributed by atoms with E-state index < -0.39 is 12.1 Å². The van der Waals surface area contributed by atoms with Crippen molar-refractivity contribution in [1.82, 2.24) is 5.32 Å². The molecule has 68 valence electrons. The first-order chi connectivity index (χ1) is 6.27. The number of nitrogens with one attached hydrogen (secondary N) is 1. The zero-order valence-electron chi connectivity index (χ0n) is 6.98. The van der Waals surface area contributed by atoms with Gasteiger partial charge in [-0.1, -0.05) is 0 Å². The molecule has 0 bridgehead atoms. The van der Waals surface area contributed by atoms with Crippen molar-refractivity contribution in [2.24, 2.45) is 0 Å². The Morgan fingerprint density at radius 1 is 1.85 bits per heavy atom. The molecule has 0 saturated heterocycles. The van der Waals surface area contributed by atoms with Crippen LogP contribution in [-0.2, 0) is 4.74 Å². The number of methoxy groups -OCH3 is 1. The Bertz CT molecular complexity index is 313. The van der Waals surface area contributed by atoms with Crippen molar-refractivity contribution in [2.45, 2.75) is 6.23 Å². The maximum Gasteiger partial charge on any atom is 0.289 e. The monoisotopic (exact) mass is 180 g/mol. The molecule has 1 N–H and O–H groups in total. The molecule has 0 fully saturated rings. The summed E-state index contributed by atoms with van der Waals surface area (Å²) < 4.78 is 9.44. The SMILES string of the molecule is COC(C#N)NC(=O)c1ccco1. The predicted molar refractivity (Wildman–Crippen MR) is 42.6 cm³/mol. The molecule has 0 aliphatic rings. The molecule has 0 spiro atoms. The molecule has 5 nitrogen and oxygen atoms in total. The van der Waals surface area contributed by atoms with Crippen LogP contribution in [0.1, 0.15) is 10.6 Å². The third kappa shape index (κ3) is 2.32. The van der Waals surface area contributed by atoms with Gasteiger partial charge in [-0.15, -0.1) is 0 Å². The highest BCUT2D eigenvalue weighted by Gasteiger charge is 2.13. The quantitative estimate of drug-likeness (QED) is 0.687. The average molecular weight is 180 g/mol. The molecule has 0 aliphatic heterocycles. The standard InChI is InChI=1S/C8H8N2O3/c1-12-7(5-9)10-8(11)6-3-2-4-13-6/h2-4,7H,1H3,(H,10,11). The maximum atomic E-state index is 11.2. The zero-order chi connectivity index (χ0) is 9.68. The lowest BCUT2D eigenvalue weighted by Crippen LogP contribution is -2.34. The highest BCUT2D eigenvalue weighted by molar-refractivity contribution is 5.91. The van der Waals surface area contributed by atoms with E-state index in [9.17, 15) is 4.79 Å². The highest BCUT2D eigenvalue weighted by atomic mass is 16.5. The number of furan rings is 1. The number of nitriles is 1. The van der Waals surface area contributed by atoms with Gasteiger partial charge in [0.15, 0.2) is 5.76 Å². The predicted octanol–water partition coefficient (Wildman–Crippen LogP) is 0.505. The second-order valence-electron chi connectivity index (χ2n) is 2.20. The normalized spacial score (nSPS) is 11.7. The smallest absolute Gasteiger partial charge is 0.289 e. The van der Waals surface area contributed by atoms with Gasteiger partial charge in [0, 0.05) is 7.11 Å². The number of hydrogen-bond acceptors (Lipinski definition) is 4. The van der Waals surface area contributed by atoms with E-state index in [0.717, 1.165) is 0 Å². The minimum absolute atomic E-state index is 0.150. The largest absolute Gasteiger partial charge is 0.459 e. The number of ether oxygens (including phenoxy) is 1. The van der Waals surface area contributed by atoms with Gasteiger partial charge < -0.3 is 14.5 Å². The third-order valence-electron chi connectivity index (χ3n) is 1.36. The van der Waals surface area contributed by atoms with E-state index in [0.29, 0.717) is 0 Å². The number of carbonyl (C=O) groups excluding carboxylic acids is 1. The van der Waals surface area contributed by atoms with Crippen molar-refractivity contribution in [3.05, 3.63) is 24.2 Å². The molecule has 0 aliphatic carbocycles. The minimum Gasteiger partial charge on any atom is -0.459 e. The van der Waals surface area contributed by atoms with Crippen LogP contribution in [0.15, 0.2) is 22.8 Å². The van der Waals surface area contributed by atoms with Crippen LogP contribution in [0, 0.1) is 11.3 Å². The van der Waals surface area contributed by atoms with Crippen molar-refractivity contribution in [3.8, 4) is 6.07 Å². The molecule has 1 atom stereocenters. The molecule has 1 aromatic heterocycles. The number of rotatable bonds is 3. The first-order valence-electron chi connectivity index (χ1n) is 3.54. The van der Waals surface area contributed by atoms with Crippen molar-refractivity contribution in [3.63, 3.8) is 0 Å². The summed E-state index contributed by atoms with van der Waals surface area (Å²) in [5.74, 6) is -0.323. The summed E-state index contributed by atoms with van der Waals surface area (Å²) in [5.41, 5.74) is 0. The Kier molecular flexibility index (Phi) is 3.06. The van der Waals surface area contributed by atoms with Gasteiger partial charge in [-0.2, -0.15) is 5.26 Å². The fourth-order valence-corrected chi connectivity index (χ4v) is 0.742. The molecular weight excluding hydrogens is 172 g/mol. The molecule has 0 aromatic carbocycles. The molecule has 0 radical (unpaired) electrons. The Morgan fingerprint density at radius 3 is 3.08 bits per heavy atom. The summed E-state index contributed by atoms with van der Waals surface area (Å²) in [7, 11) is 1.33. The van der Waals surface area contributed by atoms with E-state index >= 15 is 0 Å². The number of hydrogen-bond donors (Lipinski definition) is 1. The fourth-order valence-electron chi connectivity index (χ4n) is 0.742. The van der Waals surface area contributed by atoms with Crippen LogP contribution in [-0.4, -0.2) is 19.2 Å². The minimum atomic E-state index is -0.947. The second kappa shape index (κ2) is 4.28. The average Bonchev–Trinajstić information content (AvgIpc) is 2.66. The van der Waals surface area contributed by atoms with Gasteiger partial charge in [0.25, 0.3) is 5.91 Å². The number of amides is 1. The van der Waals surface area contributed by atoms with E-state index in [1.54, 1.807) is 12.1 Å². The van der Waals surface area contributed by atoms with Gasteiger partial charge in [0.2, 0.25) is 6.23 Å². The number of carbonyl (C=O) groups is 1. The van der Waals surface area contributed by atoms with E-state index in [-0.39, 0.29) is 5.76 Å². The Balaban J connectivity index is 2.57. The zero-order valence-corrected chi connectivity index (χ0v) is 6.98. The van der Waals surface area contributed by atoms with Crippen molar-refractivity contribution < 1.29 is 13.9 Å². The van der Waals surface area contributed by atoms with Gasteiger partial charge >= 0.3 is 0 Å². The van der Waals surface area contributed by atoms with E-state index in [4.69, 9.17) is 9.68 Å². The molecular formula is C8H8N2O3. The lowest BCUT2D eigenvalue weighted by atomic mass is 10.4. The van der Waals surface area contributed by atoms with Crippen molar-refractivity contribution in [1.29, 1.82) is 5.26 Å². The summed E-state index contributed by atoms with van der Waals surface area (Å²) >= 11 is 0. The summed E-state index contributed by atoms with van der Waals surface area (Å²) in [6.07, 6.45) is 0.431. The maximum absolute atomic E-state index is 11.2. The van der Waals surface area contributed by atoms with Crippen LogP contribution in [0.2, 0.25) is 0 Å². The van der Waals surface area contributed by atoms with Gasteiger partial charge in [-0.25, -0.2) is 0 Å². The molecule has 1 rings (SSSR count). The van der Waals surface area contributed by atoms with Crippen LogP contribution >= 0.6 is 0 Å². The first-order valence-corrected chi connectivity index (χ1v) is 3.54. The highest BCUT2D eigenvalue weighted by Crippen LogP contribution is 1.99. The van der Waals surface area contributed by atoms with Crippen molar-refractivity contribution in [2.75, 3.05) is 7.11 Å². The molecule has 1 aromatic rings. The summed E-state index contributed by atoms with van der Waals surface area (Å²) in [4.78, 5) is 11.2. The molecule has 13 heavy (non-hydrogen) atoms. The van der Waals surface area contributed by atoms with Gasteiger partial charge in [-0.3, -0.25) is 4.79 Å². The lowest BCUT2D eigenvalue weighted by molar-refractivity contribution is 0.0738. The fraction of sp³-hybridized carbons (Fsp3) is 0.250. The van der Waals surface area contributed by atoms with E-state index in [1.165, 1.54) is 19.4 Å². The van der Waals surface area contributed by atoms with Crippen LogP contribution in [0.4, 0.5) is 0 Å². The Hall–Kier alpha value is -1.80. The van der Waals surface area contributed by atoms with Crippen LogP contribution in [0.3, 0.4) is 0 Å². The van der Waals surface area contributed by atoms with E-state index in [1.807, 2.05) is 0 Å². The molecule has 0 saturated carbocycles. The second-order valence-corrected chi connectivity index (χ2v) is 2.20. The Morgan fingerprint density at radius 2 is 2.62 bits per heavy atom. The van der Waals surface area contributed by atoms with Gasteiger partial charge in [0.05, 0.1) is 6.26 Å². The van der Waals surface area contributed by atoms with Crippen molar-refractivity contribution >= 4 is 5.91 Å².